The molecule has 8 heteroatoms. The molecule has 1 aromatic heterocycles. The fourth-order valence-corrected chi connectivity index (χ4v) is 3.17. The number of methoxy groups -OCH3 is 1. The van der Waals surface area contributed by atoms with Gasteiger partial charge in [-0.3, -0.25) is 9.98 Å². The number of nitrogens with zero attached hydrogens (tertiary/aromatic N) is 5. The van der Waals surface area contributed by atoms with E-state index in [0.29, 0.717) is 41.7 Å². The lowest BCUT2D eigenvalue weighted by Gasteiger charge is -2.27. The van der Waals surface area contributed by atoms with Crippen LogP contribution >= 0.6 is 0 Å². The quantitative estimate of drug-likeness (QED) is 0.806. The summed E-state index contributed by atoms with van der Waals surface area (Å²) >= 11 is 0. The maximum absolute atomic E-state index is 10.5. The van der Waals surface area contributed by atoms with Gasteiger partial charge in [0.05, 0.1) is 13.7 Å². The zero-order valence-electron chi connectivity index (χ0n) is 15.2. The van der Waals surface area contributed by atoms with Crippen molar-refractivity contribution in [2.75, 3.05) is 26.8 Å². The van der Waals surface area contributed by atoms with Crippen molar-refractivity contribution in [1.82, 2.24) is 9.88 Å². The molecule has 2 aromatic rings. The van der Waals surface area contributed by atoms with E-state index in [2.05, 4.69) is 9.98 Å². The van der Waals surface area contributed by atoms with Gasteiger partial charge in [-0.1, -0.05) is 0 Å². The number of aromatic nitrogens is 1. The molecule has 0 atom stereocenters. The van der Waals surface area contributed by atoms with E-state index in [4.69, 9.17) is 19.7 Å². The van der Waals surface area contributed by atoms with Gasteiger partial charge in [0, 0.05) is 36.1 Å². The van der Waals surface area contributed by atoms with Crippen LogP contribution in [0.15, 0.2) is 52.7 Å². The minimum atomic E-state index is -0.0967. The molecule has 0 bridgehead atoms. The van der Waals surface area contributed by atoms with Gasteiger partial charge >= 0.3 is 0 Å². The van der Waals surface area contributed by atoms with Gasteiger partial charge in [0.25, 0.3) is 0 Å². The zero-order valence-corrected chi connectivity index (χ0v) is 15.2. The molecule has 0 spiro atoms. The lowest BCUT2D eigenvalue weighted by Crippen LogP contribution is -2.36. The van der Waals surface area contributed by atoms with Crippen molar-refractivity contribution in [1.29, 1.82) is 5.26 Å². The van der Waals surface area contributed by atoms with E-state index in [9.17, 15) is 5.11 Å². The molecule has 28 heavy (non-hydrogen) atoms. The van der Waals surface area contributed by atoms with E-state index < -0.39 is 0 Å². The van der Waals surface area contributed by atoms with Crippen LogP contribution in [0.2, 0.25) is 0 Å². The number of rotatable bonds is 5. The Hall–Kier alpha value is -3.86. The Balaban J connectivity index is 1.83. The van der Waals surface area contributed by atoms with Gasteiger partial charge in [-0.15, -0.1) is 0 Å². The summed E-state index contributed by atoms with van der Waals surface area (Å²) in [5, 5.41) is 19.3. The average Bonchev–Trinajstić information content (AvgIpc) is 3.23. The van der Waals surface area contributed by atoms with Crippen molar-refractivity contribution in [2.45, 2.75) is 0 Å². The Morgan fingerprint density at radius 1 is 1.39 bits per heavy atom. The molecule has 0 saturated heterocycles. The number of aliphatic hydroxyl groups is 1. The highest BCUT2D eigenvalue weighted by Gasteiger charge is 2.31. The average molecular weight is 375 g/mol. The summed E-state index contributed by atoms with van der Waals surface area (Å²) in [6, 6.07) is 9.06. The lowest BCUT2D eigenvalue weighted by molar-refractivity contribution is 0.330. The van der Waals surface area contributed by atoms with Gasteiger partial charge in [-0.25, -0.2) is 4.99 Å². The summed E-state index contributed by atoms with van der Waals surface area (Å²) in [5.74, 6) is 2.21. The summed E-state index contributed by atoms with van der Waals surface area (Å²) in [4.78, 5) is 15.3. The van der Waals surface area contributed by atoms with E-state index in [1.54, 1.807) is 36.7 Å². The second-order valence-electron chi connectivity index (χ2n) is 6.04. The van der Waals surface area contributed by atoms with Gasteiger partial charge in [0.15, 0.2) is 18.1 Å². The van der Waals surface area contributed by atoms with Gasteiger partial charge < -0.3 is 19.5 Å². The Morgan fingerprint density at radius 2 is 2.29 bits per heavy atom. The number of aliphatic imine (C=N–C) groups is 2. The zero-order chi connectivity index (χ0) is 19.5. The van der Waals surface area contributed by atoms with Crippen molar-refractivity contribution in [3.05, 3.63) is 53.9 Å². The highest BCUT2D eigenvalue weighted by molar-refractivity contribution is 6.20. The number of amidine groups is 2. The lowest BCUT2D eigenvalue weighted by atomic mass is 10.1. The second kappa shape index (κ2) is 7.40. The first-order chi connectivity index (χ1) is 13.7. The van der Waals surface area contributed by atoms with Crippen molar-refractivity contribution in [3.63, 3.8) is 0 Å². The van der Waals surface area contributed by atoms with Gasteiger partial charge in [-0.2, -0.15) is 5.26 Å². The Labute approximate surface area is 161 Å². The maximum atomic E-state index is 10.5. The Morgan fingerprint density at radius 3 is 3.04 bits per heavy atom. The monoisotopic (exact) mass is 375 g/mol. The van der Waals surface area contributed by atoms with Gasteiger partial charge in [0.2, 0.25) is 0 Å². The number of aliphatic hydroxyl groups excluding tert-OH is 1. The van der Waals surface area contributed by atoms with Crippen molar-refractivity contribution >= 4 is 23.1 Å². The summed E-state index contributed by atoms with van der Waals surface area (Å²) < 4.78 is 11.0. The number of nitriles is 1. The third kappa shape index (κ3) is 3.03. The minimum absolute atomic E-state index is 0.0531. The van der Waals surface area contributed by atoms with E-state index in [1.807, 2.05) is 17.0 Å². The highest BCUT2D eigenvalue weighted by Crippen LogP contribution is 2.43. The van der Waals surface area contributed by atoms with E-state index in [1.165, 1.54) is 7.11 Å². The molecule has 0 fully saturated rings. The van der Waals surface area contributed by atoms with Crippen LogP contribution in [0, 0.1) is 11.3 Å². The van der Waals surface area contributed by atoms with Crippen LogP contribution in [0.25, 0.3) is 5.76 Å². The van der Waals surface area contributed by atoms with Crippen LogP contribution in [-0.4, -0.2) is 53.5 Å². The molecular weight excluding hydrogens is 358 g/mol. The highest BCUT2D eigenvalue weighted by atomic mass is 16.5. The molecule has 0 unspecified atom stereocenters. The van der Waals surface area contributed by atoms with Crippen molar-refractivity contribution < 1.29 is 14.6 Å². The molecule has 0 radical (unpaired) electrons. The van der Waals surface area contributed by atoms with Gasteiger partial charge in [0.1, 0.15) is 29.2 Å². The van der Waals surface area contributed by atoms with Crippen molar-refractivity contribution in [2.24, 2.45) is 9.98 Å². The molecule has 140 valence electrons. The predicted octanol–water partition coefficient (Wildman–Crippen LogP) is 2.70. The fraction of sp³-hybridized carbons (Fsp3) is 0.200. The van der Waals surface area contributed by atoms with Crippen LogP contribution in [0.5, 0.6) is 11.5 Å². The number of hydrogen-bond donors (Lipinski definition) is 1. The Kier molecular flexibility index (Phi) is 4.64. The standard InChI is InChI=1S/C20H17N5O3/c1-27-19-16(28-10-6-21)5-4-14-18(19)24-17(25-9-8-23-20(14)25)11-15(26)13-3-2-7-22-12-13/h2-5,7,11-12,26H,8-10H2,1H3/b15-11-. The number of fused-ring (bicyclic) bond motifs is 3. The Bertz CT molecular complexity index is 1040. The van der Waals surface area contributed by atoms with Crippen LogP contribution in [0.1, 0.15) is 11.1 Å². The molecule has 2 aliphatic heterocycles. The van der Waals surface area contributed by atoms with Crippen LogP contribution in [-0.2, 0) is 0 Å². The topological polar surface area (TPSA) is 103 Å². The molecule has 8 nitrogen and oxygen atoms in total. The molecular formula is C20H17N5O3. The van der Waals surface area contributed by atoms with E-state index in [0.717, 1.165) is 11.4 Å². The molecule has 2 aliphatic rings. The molecule has 0 saturated carbocycles. The van der Waals surface area contributed by atoms with Crippen LogP contribution in [0.4, 0.5) is 5.69 Å². The van der Waals surface area contributed by atoms with Crippen molar-refractivity contribution in [3.8, 4) is 17.6 Å². The SMILES string of the molecule is COc1c(OCC#N)ccc2c1N=C(/C=C(\O)c1cccnc1)N1CCN=C21. The molecule has 4 rings (SSSR count). The number of pyridine rings is 1. The largest absolute Gasteiger partial charge is 0.507 e. The third-order valence-electron chi connectivity index (χ3n) is 4.40. The summed E-state index contributed by atoms with van der Waals surface area (Å²) in [6.45, 7) is 1.20. The molecule has 1 aromatic carbocycles. The van der Waals surface area contributed by atoms with Gasteiger partial charge in [-0.05, 0) is 24.3 Å². The summed E-state index contributed by atoms with van der Waals surface area (Å²) in [6.07, 6.45) is 4.81. The molecule has 3 heterocycles. The molecule has 0 aliphatic carbocycles. The summed E-state index contributed by atoms with van der Waals surface area (Å²) in [7, 11) is 1.52. The smallest absolute Gasteiger partial charge is 0.187 e. The maximum Gasteiger partial charge on any atom is 0.187 e. The van der Waals surface area contributed by atoms with Crippen LogP contribution < -0.4 is 9.47 Å². The summed E-state index contributed by atoms with van der Waals surface area (Å²) in [5.41, 5.74) is 1.96. The predicted molar refractivity (Wildman–Crippen MR) is 104 cm³/mol. The van der Waals surface area contributed by atoms with Crippen LogP contribution in [0.3, 0.4) is 0 Å². The first-order valence-electron chi connectivity index (χ1n) is 8.65. The number of benzene rings is 1. The normalized spacial score (nSPS) is 15.1. The first kappa shape index (κ1) is 17.5. The molecule has 1 N–H and O–H groups in total. The number of ether oxygens (including phenoxy) is 2. The second-order valence-corrected chi connectivity index (χ2v) is 6.04. The van der Waals surface area contributed by atoms with E-state index >= 15 is 0 Å². The van der Waals surface area contributed by atoms with E-state index in [-0.39, 0.29) is 12.4 Å². The number of hydrogen-bond acceptors (Lipinski definition) is 8. The third-order valence-corrected chi connectivity index (χ3v) is 4.40. The molecule has 0 amide bonds. The minimum Gasteiger partial charge on any atom is -0.507 e. The first-order valence-corrected chi connectivity index (χ1v) is 8.65. The fourth-order valence-electron chi connectivity index (χ4n) is 3.17.